The molecule has 0 aromatic heterocycles. The molecule has 0 aromatic rings. The highest BCUT2D eigenvalue weighted by molar-refractivity contribution is 8.05. The van der Waals surface area contributed by atoms with Crippen molar-refractivity contribution in [2.45, 2.75) is 10.5 Å². The monoisotopic (exact) mass is 234 g/mol. The largest absolute Gasteiger partial charge is 0.411 e. The van der Waals surface area contributed by atoms with E-state index in [1.165, 1.54) is 23.1 Å². The number of oxime groups is 1. The van der Waals surface area contributed by atoms with Gasteiger partial charge in [0.05, 0.1) is 17.5 Å². The van der Waals surface area contributed by atoms with Crippen LogP contribution in [0, 0.1) is 0 Å². The van der Waals surface area contributed by atoms with E-state index in [1.54, 1.807) is 11.5 Å². The summed E-state index contributed by atoms with van der Waals surface area (Å²) in [6.45, 7) is 0.175. The molecule has 2 rings (SSSR count). The molecule has 1 fully saturated rings. The van der Waals surface area contributed by atoms with Gasteiger partial charge in [-0.3, -0.25) is 0 Å². The van der Waals surface area contributed by atoms with Gasteiger partial charge in [-0.1, -0.05) is 11.2 Å². The number of nitrogens with zero attached hydrogens (tertiary/aromatic N) is 2. The van der Waals surface area contributed by atoms with Crippen molar-refractivity contribution < 1.29 is 13.6 Å². The van der Waals surface area contributed by atoms with Crippen LogP contribution in [0.2, 0.25) is 0 Å². The highest BCUT2D eigenvalue weighted by Crippen LogP contribution is 2.35. The highest BCUT2D eigenvalue weighted by atomic mass is 32.2. The lowest BCUT2D eigenvalue weighted by molar-refractivity contribution is 0.314. The van der Waals surface area contributed by atoms with Crippen molar-refractivity contribution in [3.63, 3.8) is 0 Å². The van der Waals surface area contributed by atoms with Crippen molar-refractivity contribution >= 4 is 27.5 Å². The van der Waals surface area contributed by atoms with Gasteiger partial charge in [0.2, 0.25) is 10.0 Å². The van der Waals surface area contributed by atoms with Crippen molar-refractivity contribution in [1.29, 1.82) is 0 Å². The summed E-state index contributed by atoms with van der Waals surface area (Å²) in [5.74, 6) is 0. The normalized spacial score (nSPS) is 38.8. The minimum absolute atomic E-state index is 0.175. The summed E-state index contributed by atoms with van der Waals surface area (Å²) < 4.78 is 24.8. The molecule has 0 aromatic carbocycles. The zero-order valence-corrected chi connectivity index (χ0v) is 9.12. The molecule has 14 heavy (non-hydrogen) atoms. The summed E-state index contributed by atoms with van der Waals surface area (Å²) in [4.78, 5) is 0. The van der Waals surface area contributed by atoms with Crippen molar-refractivity contribution in [2.24, 2.45) is 5.16 Å². The van der Waals surface area contributed by atoms with Gasteiger partial charge in [0, 0.05) is 7.05 Å². The van der Waals surface area contributed by atoms with Gasteiger partial charge in [-0.05, 0) is 5.41 Å². The van der Waals surface area contributed by atoms with Gasteiger partial charge in [-0.25, -0.2) is 8.42 Å². The number of hydrogen-bond acceptors (Lipinski definition) is 5. The van der Waals surface area contributed by atoms with E-state index < -0.39 is 15.3 Å². The van der Waals surface area contributed by atoms with Crippen molar-refractivity contribution in [2.75, 3.05) is 13.6 Å². The first kappa shape index (κ1) is 10.0. The Bertz CT molecular complexity index is 401. The molecular weight excluding hydrogens is 224 g/mol. The Balaban J connectivity index is 2.44. The smallest absolute Gasteiger partial charge is 0.222 e. The molecule has 1 saturated heterocycles. The maximum atomic E-state index is 11.8. The number of hydrogen-bond donors (Lipinski definition) is 1. The van der Waals surface area contributed by atoms with Crippen molar-refractivity contribution in [3.05, 3.63) is 11.5 Å². The fourth-order valence-electron chi connectivity index (χ4n) is 1.61. The van der Waals surface area contributed by atoms with E-state index in [-0.39, 0.29) is 11.8 Å². The van der Waals surface area contributed by atoms with Gasteiger partial charge in [0.25, 0.3) is 0 Å². The minimum atomic E-state index is -3.25. The number of thioether (sulfide) groups is 1. The maximum Gasteiger partial charge on any atom is 0.222 e. The zero-order chi connectivity index (χ0) is 10.3. The second-order valence-electron chi connectivity index (χ2n) is 3.24. The fourth-order valence-corrected chi connectivity index (χ4v) is 4.76. The Labute approximate surface area is 86.5 Å². The predicted octanol–water partition coefficient (Wildman–Crippen LogP) is 0.0895. The van der Waals surface area contributed by atoms with Gasteiger partial charge in [-0.2, -0.15) is 4.31 Å². The molecule has 5 nitrogen and oxygen atoms in total. The average Bonchev–Trinajstić information content (AvgIpc) is 2.61. The lowest BCUT2D eigenvalue weighted by Gasteiger charge is -2.31. The summed E-state index contributed by atoms with van der Waals surface area (Å²) in [5, 5.41) is 12.8. The molecule has 0 unspecified atom stereocenters. The van der Waals surface area contributed by atoms with Crippen LogP contribution in [0.4, 0.5) is 0 Å². The van der Waals surface area contributed by atoms with E-state index in [0.717, 1.165) is 0 Å². The highest BCUT2D eigenvalue weighted by Gasteiger charge is 2.45. The number of sulfonamides is 1. The van der Waals surface area contributed by atoms with Gasteiger partial charge >= 0.3 is 0 Å². The summed E-state index contributed by atoms with van der Waals surface area (Å²) in [6.07, 6.45) is 1.64. The van der Waals surface area contributed by atoms with Gasteiger partial charge in [0.15, 0.2) is 0 Å². The first-order valence-corrected chi connectivity index (χ1v) is 6.50. The van der Waals surface area contributed by atoms with E-state index in [9.17, 15) is 8.42 Å². The van der Waals surface area contributed by atoms with Crippen LogP contribution >= 0.6 is 11.8 Å². The van der Waals surface area contributed by atoms with Crippen LogP contribution in [0.3, 0.4) is 0 Å². The summed E-state index contributed by atoms with van der Waals surface area (Å²) >= 11 is 1.39. The molecule has 1 N–H and O–H groups in total. The summed E-state index contributed by atoms with van der Waals surface area (Å²) in [6, 6.07) is 0. The third-order valence-electron chi connectivity index (χ3n) is 2.41. The molecule has 7 heteroatoms. The Morgan fingerprint density at radius 3 is 3.07 bits per heavy atom. The second kappa shape index (κ2) is 3.25. The summed E-state index contributed by atoms with van der Waals surface area (Å²) in [5.41, 5.74) is 0.516. The van der Waals surface area contributed by atoms with Gasteiger partial charge in [0.1, 0.15) is 5.25 Å². The van der Waals surface area contributed by atoms with Crippen LogP contribution < -0.4 is 0 Å². The predicted molar refractivity (Wildman–Crippen MR) is 55.1 cm³/mol. The maximum absolute atomic E-state index is 11.8. The number of rotatable bonds is 0. The SMILES string of the molecule is CN1C/C(=N\O)[C@H]2SC=C[C@@H]2S1(=O)=O. The molecular formula is C7H10N2O3S2. The molecule has 78 valence electrons. The third kappa shape index (κ3) is 1.27. The van der Waals surface area contributed by atoms with E-state index in [0.29, 0.717) is 5.71 Å². The molecule has 0 aliphatic carbocycles. The van der Waals surface area contributed by atoms with E-state index in [1.807, 2.05) is 0 Å². The number of fused-ring (bicyclic) bond motifs is 1. The topological polar surface area (TPSA) is 70.0 Å². The van der Waals surface area contributed by atoms with Crippen LogP contribution in [-0.2, 0) is 10.0 Å². The lowest BCUT2D eigenvalue weighted by Crippen LogP contribution is -2.51. The molecule has 2 atom stereocenters. The standard InChI is InChI=1S/C7H10N2O3S2/c1-9-4-5(8-10)7-6(2-3-13-7)14(9,11)12/h2-3,6-7,10H,4H2,1H3/b8-5+/t6-,7+/m0/s1. The molecule has 0 bridgehead atoms. The Hall–Kier alpha value is -0.530. The first-order chi connectivity index (χ1) is 6.57. The average molecular weight is 234 g/mol. The molecule has 0 saturated carbocycles. The summed E-state index contributed by atoms with van der Waals surface area (Å²) in [7, 11) is -1.75. The van der Waals surface area contributed by atoms with Crippen molar-refractivity contribution in [1.82, 2.24) is 4.31 Å². The van der Waals surface area contributed by atoms with Gasteiger partial charge in [-0.15, -0.1) is 11.8 Å². The molecule has 0 spiro atoms. The fraction of sp³-hybridized carbons (Fsp3) is 0.571. The Morgan fingerprint density at radius 1 is 1.71 bits per heavy atom. The lowest BCUT2D eigenvalue weighted by atomic mass is 10.2. The van der Waals surface area contributed by atoms with Crippen LogP contribution in [-0.4, -0.2) is 47.7 Å². The molecule has 2 heterocycles. The van der Waals surface area contributed by atoms with Crippen LogP contribution in [0.1, 0.15) is 0 Å². The Morgan fingerprint density at radius 2 is 2.43 bits per heavy atom. The van der Waals surface area contributed by atoms with Gasteiger partial charge < -0.3 is 5.21 Å². The third-order valence-corrected chi connectivity index (χ3v) is 5.87. The van der Waals surface area contributed by atoms with E-state index in [4.69, 9.17) is 5.21 Å². The Kier molecular flexibility index (Phi) is 2.32. The zero-order valence-electron chi connectivity index (χ0n) is 7.49. The first-order valence-electron chi connectivity index (χ1n) is 4.05. The van der Waals surface area contributed by atoms with Crippen molar-refractivity contribution in [3.8, 4) is 0 Å². The molecule has 0 radical (unpaired) electrons. The van der Waals surface area contributed by atoms with Crippen LogP contribution in [0.15, 0.2) is 16.6 Å². The van der Waals surface area contributed by atoms with E-state index >= 15 is 0 Å². The minimum Gasteiger partial charge on any atom is -0.411 e. The molecule has 2 aliphatic heterocycles. The van der Waals surface area contributed by atoms with Crippen LogP contribution in [0.25, 0.3) is 0 Å². The molecule has 2 aliphatic rings. The van der Waals surface area contributed by atoms with Crippen LogP contribution in [0.5, 0.6) is 0 Å². The van der Waals surface area contributed by atoms with E-state index in [2.05, 4.69) is 5.16 Å². The molecule has 0 amide bonds. The quantitative estimate of drug-likeness (QED) is 0.476. The second-order valence-corrected chi connectivity index (χ2v) is 6.49.